The van der Waals surface area contributed by atoms with Crippen LogP contribution in [0.2, 0.25) is 0 Å². The lowest BCUT2D eigenvalue weighted by Crippen LogP contribution is -2.43. The molecule has 0 aliphatic carbocycles. The Morgan fingerprint density at radius 1 is 1.35 bits per heavy atom. The average molecular weight is 514 g/mol. The second-order valence-electron chi connectivity index (χ2n) is 4.64. The van der Waals surface area contributed by atoms with Gasteiger partial charge in [0.05, 0.1) is 10.7 Å². The summed E-state index contributed by atoms with van der Waals surface area (Å²) in [4.78, 5) is 0. The van der Waals surface area contributed by atoms with Gasteiger partial charge in [0.1, 0.15) is 18.0 Å². The predicted molar refractivity (Wildman–Crippen MR) is 92.3 cm³/mol. The number of aliphatic hydroxyl groups is 1. The molecule has 0 saturated heterocycles. The highest BCUT2D eigenvalue weighted by Crippen LogP contribution is 2.50. The molecule has 6 heteroatoms. The van der Waals surface area contributed by atoms with Crippen LogP contribution in [0.5, 0.6) is 5.75 Å². The number of benzene rings is 1. The van der Waals surface area contributed by atoms with Crippen LogP contribution < -0.4 is 4.74 Å². The molecule has 0 aromatic heterocycles. The van der Waals surface area contributed by atoms with Gasteiger partial charge >= 0.3 is 0 Å². The molecule has 2 bridgehead atoms. The zero-order valence-corrected chi connectivity index (χ0v) is 15.8. The van der Waals surface area contributed by atoms with Crippen LogP contribution in [0.1, 0.15) is 5.56 Å². The van der Waals surface area contributed by atoms with E-state index in [9.17, 15) is 5.11 Å². The first-order chi connectivity index (χ1) is 9.48. The predicted octanol–water partition coefficient (Wildman–Crippen LogP) is 3.83. The molecule has 0 radical (unpaired) electrons. The molecule has 0 unspecified atom stereocenters. The Hall–Kier alpha value is 0.110. The number of fused-ring (bicyclic) bond motifs is 2. The maximum absolute atomic E-state index is 11.2. The van der Waals surface area contributed by atoms with Crippen molar-refractivity contribution < 1.29 is 14.6 Å². The number of methoxy groups -OCH3 is 1. The molecule has 3 rings (SSSR count). The molecule has 20 heavy (non-hydrogen) atoms. The van der Waals surface area contributed by atoms with E-state index in [0.29, 0.717) is 4.48 Å². The Bertz CT molecular complexity index is 629. The van der Waals surface area contributed by atoms with Crippen LogP contribution in [0.15, 0.2) is 39.3 Å². The fourth-order valence-corrected chi connectivity index (χ4v) is 4.44. The average Bonchev–Trinajstić information content (AvgIpc) is 2.91. The van der Waals surface area contributed by atoms with Crippen molar-refractivity contribution in [1.82, 2.24) is 0 Å². The third-order valence-electron chi connectivity index (χ3n) is 3.55. The van der Waals surface area contributed by atoms with Crippen molar-refractivity contribution in [3.8, 4) is 5.75 Å². The molecule has 0 amide bonds. The fourth-order valence-electron chi connectivity index (χ4n) is 2.46. The molecule has 0 saturated carbocycles. The van der Waals surface area contributed by atoms with Gasteiger partial charge in [-0.15, -0.1) is 0 Å². The van der Waals surface area contributed by atoms with Gasteiger partial charge in [0.2, 0.25) is 0 Å². The smallest absolute Gasteiger partial charge is 0.152 e. The Morgan fingerprint density at radius 3 is 2.75 bits per heavy atom. The van der Waals surface area contributed by atoms with Crippen LogP contribution in [0.4, 0.5) is 0 Å². The number of rotatable bonds is 2. The highest BCUT2D eigenvalue weighted by atomic mass is 127. The minimum atomic E-state index is -1.23. The number of halogens is 3. The first kappa shape index (κ1) is 15.0. The topological polar surface area (TPSA) is 38.7 Å². The molecule has 3 nitrogen and oxygen atoms in total. The van der Waals surface area contributed by atoms with Crippen LogP contribution in [-0.4, -0.2) is 24.4 Å². The lowest BCUT2D eigenvalue weighted by Gasteiger charge is -2.38. The zero-order valence-electron chi connectivity index (χ0n) is 10.4. The van der Waals surface area contributed by atoms with E-state index in [4.69, 9.17) is 9.47 Å². The quantitative estimate of drug-likeness (QED) is 0.483. The summed E-state index contributed by atoms with van der Waals surface area (Å²) < 4.78 is 13.5. The highest BCUT2D eigenvalue weighted by Gasteiger charge is 2.49. The van der Waals surface area contributed by atoms with Gasteiger partial charge in [0.15, 0.2) is 5.60 Å². The van der Waals surface area contributed by atoms with Crippen LogP contribution in [0.3, 0.4) is 0 Å². The molecule has 1 aromatic rings. The van der Waals surface area contributed by atoms with Gasteiger partial charge in [-0.3, -0.25) is 0 Å². The van der Waals surface area contributed by atoms with Crippen LogP contribution in [0, 0.1) is 3.57 Å². The summed E-state index contributed by atoms with van der Waals surface area (Å²) in [6.45, 7) is 0. The van der Waals surface area contributed by atoms with Gasteiger partial charge in [-0.1, -0.05) is 50.1 Å². The Kier molecular flexibility index (Phi) is 4.05. The van der Waals surface area contributed by atoms with Crippen molar-refractivity contribution in [3.63, 3.8) is 0 Å². The van der Waals surface area contributed by atoms with Gasteiger partial charge in [0, 0.05) is 8.96 Å². The van der Waals surface area contributed by atoms with Gasteiger partial charge in [-0.25, -0.2) is 0 Å². The van der Waals surface area contributed by atoms with E-state index in [2.05, 4.69) is 54.5 Å². The van der Waals surface area contributed by atoms with E-state index in [-0.39, 0.29) is 6.10 Å². The molecule has 1 aromatic carbocycles. The molecule has 2 heterocycles. The summed E-state index contributed by atoms with van der Waals surface area (Å²) in [6.07, 6.45) is 3.33. The van der Waals surface area contributed by atoms with Crippen molar-refractivity contribution in [2.45, 2.75) is 17.8 Å². The Morgan fingerprint density at radius 2 is 2.10 bits per heavy atom. The summed E-state index contributed by atoms with van der Waals surface area (Å²) in [7, 11) is 1.63. The minimum Gasteiger partial charge on any atom is -0.496 e. The first-order valence-corrected chi connectivity index (χ1v) is 8.60. The highest BCUT2D eigenvalue weighted by molar-refractivity contribution is 14.1. The SMILES string of the molecule is COc1ccc([C@@]2(O)C(Br)=C(Br)[C@H]3C=C[C@@H]2O3)cc1I. The molecule has 106 valence electrons. The summed E-state index contributed by atoms with van der Waals surface area (Å²) in [5, 5.41) is 11.2. The van der Waals surface area contributed by atoms with Crippen molar-refractivity contribution in [2.24, 2.45) is 0 Å². The van der Waals surface area contributed by atoms with Crippen molar-refractivity contribution in [3.05, 3.63) is 48.4 Å². The van der Waals surface area contributed by atoms with E-state index in [0.717, 1.165) is 19.4 Å². The molecular weight excluding hydrogens is 503 g/mol. The van der Waals surface area contributed by atoms with Gasteiger partial charge in [-0.2, -0.15) is 0 Å². The monoisotopic (exact) mass is 512 g/mol. The van der Waals surface area contributed by atoms with Gasteiger partial charge < -0.3 is 14.6 Å². The second kappa shape index (κ2) is 5.39. The third-order valence-corrected chi connectivity index (χ3v) is 6.81. The normalized spacial score (nSPS) is 31.9. The third kappa shape index (κ3) is 2.11. The molecule has 3 atom stereocenters. The van der Waals surface area contributed by atoms with Crippen LogP contribution >= 0.6 is 54.5 Å². The maximum atomic E-state index is 11.2. The van der Waals surface area contributed by atoms with Gasteiger partial charge in [0.25, 0.3) is 0 Å². The minimum absolute atomic E-state index is 0.119. The Balaban J connectivity index is 2.14. The van der Waals surface area contributed by atoms with E-state index < -0.39 is 11.7 Å². The Labute approximate surface area is 147 Å². The molecule has 2 aliphatic rings. The van der Waals surface area contributed by atoms with Crippen molar-refractivity contribution in [2.75, 3.05) is 7.11 Å². The maximum Gasteiger partial charge on any atom is 0.152 e. The molecule has 2 aliphatic heterocycles. The molecular formula is C14H11Br2IO3. The van der Waals surface area contributed by atoms with E-state index >= 15 is 0 Å². The number of hydrogen-bond acceptors (Lipinski definition) is 3. The van der Waals surface area contributed by atoms with E-state index in [1.807, 2.05) is 30.4 Å². The van der Waals surface area contributed by atoms with Crippen molar-refractivity contribution >= 4 is 54.5 Å². The molecule has 0 fully saturated rings. The fraction of sp³-hybridized carbons (Fsp3) is 0.286. The summed E-state index contributed by atoms with van der Waals surface area (Å²) in [6, 6.07) is 5.63. The first-order valence-electron chi connectivity index (χ1n) is 5.94. The molecule has 1 N–H and O–H groups in total. The number of ether oxygens (including phenoxy) is 2. The van der Waals surface area contributed by atoms with Crippen molar-refractivity contribution in [1.29, 1.82) is 0 Å². The summed E-state index contributed by atoms with van der Waals surface area (Å²) in [5.74, 6) is 0.786. The lowest BCUT2D eigenvalue weighted by atomic mass is 9.87. The van der Waals surface area contributed by atoms with Gasteiger partial charge in [-0.05, 0) is 40.3 Å². The number of hydrogen-bond donors (Lipinski definition) is 1. The summed E-state index contributed by atoms with van der Waals surface area (Å²) >= 11 is 9.21. The lowest BCUT2D eigenvalue weighted by molar-refractivity contribution is -0.0729. The largest absolute Gasteiger partial charge is 0.496 e. The van der Waals surface area contributed by atoms with Crippen LogP contribution in [0.25, 0.3) is 0 Å². The molecule has 0 spiro atoms. The second-order valence-corrected chi connectivity index (χ2v) is 7.45. The van der Waals surface area contributed by atoms with Crippen LogP contribution in [-0.2, 0) is 10.3 Å². The standard InChI is InChI=1S/C14H11Br2IO3/c1-19-9-3-2-7(6-8(9)17)14(18)11-5-4-10(20-11)12(15)13(14)16/h2-6,10-11,18H,1H3/t10-,11+,14+/m1/s1. The van der Waals surface area contributed by atoms with E-state index in [1.54, 1.807) is 7.11 Å². The van der Waals surface area contributed by atoms with E-state index in [1.165, 1.54) is 0 Å². The summed E-state index contributed by atoms with van der Waals surface area (Å²) in [5.41, 5.74) is -0.462. The zero-order chi connectivity index (χ0) is 14.5.